The van der Waals surface area contributed by atoms with Crippen LogP contribution in [0.3, 0.4) is 0 Å². The van der Waals surface area contributed by atoms with E-state index in [2.05, 4.69) is 23.1 Å². The minimum Gasteiger partial charge on any atom is -0.497 e. The summed E-state index contributed by atoms with van der Waals surface area (Å²) in [6, 6.07) is 10.3. The number of rotatable bonds is 3. The summed E-state index contributed by atoms with van der Waals surface area (Å²) < 4.78 is 5.25. The zero-order valence-electron chi connectivity index (χ0n) is 18.6. The number of nitrogens with zero attached hydrogens (tertiary/aromatic N) is 3. The van der Waals surface area contributed by atoms with E-state index in [9.17, 15) is 4.79 Å². The van der Waals surface area contributed by atoms with Crippen LogP contribution in [0, 0.1) is 0 Å². The first-order chi connectivity index (χ1) is 15.6. The second-order valence-corrected chi connectivity index (χ2v) is 9.68. The molecule has 0 saturated carbocycles. The Bertz CT molecular complexity index is 1120. The fourth-order valence-electron chi connectivity index (χ4n) is 4.78. The zero-order valence-corrected chi connectivity index (χ0v) is 19.4. The number of nitrogen functional groups attached to an aromatic ring is 1. The Kier molecular flexibility index (Phi) is 5.91. The van der Waals surface area contributed by atoms with Gasteiger partial charge < -0.3 is 20.3 Å². The molecular weight excluding hydrogens is 420 g/mol. The number of piperazine rings is 1. The molecule has 0 spiro atoms. The largest absolute Gasteiger partial charge is 0.497 e. The molecule has 2 aromatic heterocycles. The van der Waals surface area contributed by atoms with Gasteiger partial charge in [0.2, 0.25) is 0 Å². The lowest BCUT2D eigenvalue weighted by Gasteiger charge is -2.36. The third-order valence-electron chi connectivity index (χ3n) is 6.70. The number of carbonyl (C=O) groups is 1. The second kappa shape index (κ2) is 8.98. The summed E-state index contributed by atoms with van der Waals surface area (Å²) in [5.74, 6) is 0.886. The highest BCUT2D eigenvalue weighted by Gasteiger charge is 2.27. The molecule has 32 heavy (non-hydrogen) atoms. The van der Waals surface area contributed by atoms with Crippen molar-refractivity contribution in [2.75, 3.05) is 43.9 Å². The van der Waals surface area contributed by atoms with Crippen molar-refractivity contribution >= 4 is 38.8 Å². The van der Waals surface area contributed by atoms with Crippen LogP contribution in [0.25, 0.3) is 10.2 Å². The molecule has 1 aliphatic heterocycles. The van der Waals surface area contributed by atoms with Crippen LogP contribution in [0.5, 0.6) is 5.75 Å². The molecule has 2 aliphatic rings. The number of amides is 1. The number of hydrogen-bond acceptors (Lipinski definition) is 6. The first-order valence-corrected chi connectivity index (χ1v) is 12.3. The van der Waals surface area contributed by atoms with E-state index in [0.717, 1.165) is 47.6 Å². The van der Waals surface area contributed by atoms with Gasteiger partial charge in [0.25, 0.3) is 5.91 Å². The molecule has 0 bridgehead atoms. The van der Waals surface area contributed by atoms with Crippen molar-refractivity contribution in [2.45, 2.75) is 38.5 Å². The first-order valence-electron chi connectivity index (χ1n) is 11.5. The number of methoxy groups -OCH3 is 1. The second-order valence-electron chi connectivity index (χ2n) is 8.68. The van der Waals surface area contributed by atoms with Crippen molar-refractivity contribution in [2.24, 2.45) is 0 Å². The Hall–Kier alpha value is -2.80. The third kappa shape index (κ3) is 4.01. The fourth-order valence-corrected chi connectivity index (χ4v) is 5.84. The molecule has 1 saturated heterocycles. The van der Waals surface area contributed by atoms with Crippen LogP contribution in [-0.2, 0) is 12.8 Å². The lowest BCUT2D eigenvalue weighted by molar-refractivity contribution is 0.0752. The minimum atomic E-state index is 0.0345. The molecule has 1 amide bonds. The SMILES string of the molecule is COc1ccc(N2CCN(C(=O)c3sc4nc5c(cc4c3N)CCCCCC5)CC2)cc1. The quantitative estimate of drug-likeness (QED) is 0.636. The van der Waals surface area contributed by atoms with Gasteiger partial charge in [-0.3, -0.25) is 4.79 Å². The van der Waals surface area contributed by atoms with Crippen LogP contribution in [0.15, 0.2) is 30.3 Å². The molecule has 7 heteroatoms. The van der Waals surface area contributed by atoms with Crippen LogP contribution in [0.1, 0.15) is 46.6 Å². The van der Waals surface area contributed by atoms with E-state index in [0.29, 0.717) is 23.7 Å². The highest BCUT2D eigenvalue weighted by Crippen LogP contribution is 2.36. The average Bonchev–Trinajstić information content (AvgIpc) is 3.14. The Morgan fingerprint density at radius 1 is 1.03 bits per heavy atom. The Morgan fingerprint density at radius 2 is 1.75 bits per heavy atom. The standard InChI is InChI=1S/C25H30N4O2S/c1-31-19-10-8-18(9-11-19)28-12-14-29(15-13-28)25(30)23-22(26)20-16-17-6-4-2-3-5-7-21(17)27-24(20)32-23/h8-11,16H,2-7,12-15,26H2,1H3. The van der Waals surface area contributed by atoms with Gasteiger partial charge in [-0.25, -0.2) is 4.98 Å². The molecule has 1 aromatic carbocycles. The number of aromatic nitrogens is 1. The van der Waals surface area contributed by atoms with Crippen molar-refractivity contribution in [1.29, 1.82) is 0 Å². The summed E-state index contributed by atoms with van der Waals surface area (Å²) in [5.41, 5.74) is 10.8. The van der Waals surface area contributed by atoms with Gasteiger partial charge in [-0.2, -0.15) is 0 Å². The Labute approximate surface area is 193 Å². The lowest BCUT2D eigenvalue weighted by Crippen LogP contribution is -2.48. The van der Waals surface area contributed by atoms with Crippen molar-refractivity contribution in [3.05, 3.63) is 46.5 Å². The molecule has 3 aromatic rings. The monoisotopic (exact) mass is 450 g/mol. The normalized spacial score (nSPS) is 17.0. The predicted octanol–water partition coefficient (Wildman–Crippen LogP) is 4.51. The molecule has 0 atom stereocenters. The van der Waals surface area contributed by atoms with Crippen LogP contribution in [-0.4, -0.2) is 49.1 Å². The van der Waals surface area contributed by atoms with E-state index in [4.69, 9.17) is 15.5 Å². The molecule has 2 N–H and O–H groups in total. The predicted molar refractivity (Wildman–Crippen MR) is 131 cm³/mol. The van der Waals surface area contributed by atoms with Crippen molar-refractivity contribution < 1.29 is 9.53 Å². The highest BCUT2D eigenvalue weighted by atomic mass is 32.1. The highest BCUT2D eigenvalue weighted by molar-refractivity contribution is 7.21. The van der Waals surface area contributed by atoms with Gasteiger partial charge in [0.05, 0.1) is 12.8 Å². The molecule has 1 fully saturated rings. The molecule has 3 heterocycles. The van der Waals surface area contributed by atoms with Crippen molar-refractivity contribution in [1.82, 2.24) is 9.88 Å². The van der Waals surface area contributed by atoms with Gasteiger partial charge in [-0.15, -0.1) is 11.3 Å². The molecule has 6 nitrogen and oxygen atoms in total. The maximum absolute atomic E-state index is 13.3. The number of nitrogens with two attached hydrogens (primary N) is 1. The van der Waals surface area contributed by atoms with Gasteiger partial charge in [-0.1, -0.05) is 12.8 Å². The molecule has 0 radical (unpaired) electrons. The summed E-state index contributed by atoms with van der Waals surface area (Å²) in [6.07, 6.45) is 7.04. The number of benzene rings is 1. The lowest BCUT2D eigenvalue weighted by atomic mass is 9.96. The van der Waals surface area contributed by atoms with E-state index in [1.165, 1.54) is 48.3 Å². The maximum Gasteiger partial charge on any atom is 0.266 e. The number of aryl methyl sites for hydroxylation is 2. The summed E-state index contributed by atoms with van der Waals surface area (Å²) >= 11 is 1.46. The van der Waals surface area contributed by atoms with Crippen LogP contribution >= 0.6 is 11.3 Å². The van der Waals surface area contributed by atoms with E-state index in [1.807, 2.05) is 17.0 Å². The van der Waals surface area contributed by atoms with Gasteiger partial charge in [-0.05, 0) is 61.6 Å². The zero-order chi connectivity index (χ0) is 22.1. The number of thiophene rings is 1. The minimum absolute atomic E-state index is 0.0345. The number of anilines is 2. The smallest absolute Gasteiger partial charge is 0.266 e. The van der Waals surface area contributed by atoms with E-state index in [-0.39, 0.29) is 5.91 Å². The summed E-state index contributed by atoms with van der Waals surface area (Å²) in [4.78, 5) is 24.1. The Morgan fingerprint density at radius 3 is 2.47 bits per heavy atom. The number of hydrogen-bond donors (Lipinski definition) is 1. The topological polar surface area (TPSA) is 71.7 Å². The van der Waals surface area contributed by atoms with Gasteiger partial charge in [0.1, 0.15) is 15.5 Å². The van der Waals surface area contributed by atoms with Crippen molar-refractivity contribution in [3.63, 3.8) is 0 Å². The number of ether oxygens (including phenoxy) is 1. The summed E-state index contributed by atoms with van der Waals surface area (Å²) in [7, 11) is 1.67. The maximum atomic E-state index is 13.3. The van der Waals surface area contributed by atoms with E-state index >= 15 is 0 Å². The fraction of sp³-hybridized carbons (Fsp3) is 0.440. The summed E-state index contributed by atoms with van der Waals surface area (Å²) in [5, 5.41) is 0.953. The molecular formula is C25H30N4O2S. The number of fused-ring (bicyclic) bond motifs is 2. The molecule has 1 aliphatic carbocycles. The molecule has 5 rings (SSSR count). The van der Waals surface area contributed by atoms with Crippen LogP contribution in [0.2, 0.25) is 0 Å². The first kappa shape index (κ1) is 21.1. The average molecular weight is 451 g/mol. The third-order valence-corrected chi connectivity index (χ3v) is 7.80. The van der Waals surface area contributed by atoms with Crippen molar-refractivity contribution in [3.8, 4) is 5.75 Å². The Balaban J connectivity index is 1.33. The number of pyridine rings is 1. The van der Waals surface area contributed by atoms with Crippen LogP contribution in [0.4, 0.5) is 11.4 Å². The van der Waals surface area contributed by atoms with E-state index in [1.54, 1.807) is 7.11 Å². The van der Waals surface area contributed by atoms with Gasteiger partial charge in [0, 0.05) is 42.9 Å². The summed E-state index contributed by atoms with van der Waals surface area (Å²) in [6.45, 7) is 2.97. The van der Waals surface area contributed by atoms with Gasteiger partial charge >= 0.3 is 0 Å². The molecule has 168 valence electrons. The molecule has 0 unspecified atom stereocenters. The van der Waals surface area contributed by atoms with Gasteiger partial charge in [0.15, 0.2) is 0 Å². The van der Waals surface area contributed by atoms with Crippen LogP contribution < -0.4 is 15.4 Å². The van der Waals surface area contributed by atoms with E-state index < -0.39 is 0 Å². The number of carbonyl (C=O) groups excluding carboxylic acids is 1.